The maximum absolute atomic E-state index is 14.1. The van der Waals surface area contributed by atoms with E-state index in [1.165, 1.54) is 17.0 Å². The van der Waals surface area contributed by atoms with Crippen LogP contribution in [0.2, 0.25) is 0 Å². The Kier molecular flexibility index (Phi) is 10.0. The molecular formula is C32H39N3O5S. The number of amides is 2. The first kappa shape index (κ1) is 30.1. The molecule has 1 fully saturated rings. The smallest absolute Gasteiger partial charge is 0.264 e. The molecule has 9 heteroatoms. The number of nitrogens with zero attached hydrogens (tertiary/aromatic N) is 2. The highest BCUT2D eigenvalue weighted by Gasteiger charge is 2.33. The normalized spacial score (nSPS) is 14.3. The largest absolute Gasteiger partial charge is 0.494 e. The first-order valence-electron chi connectivity index (χ1n) is 14.1. The lowest BCUT2D eigenvalue weighted by Crippen LogP contribution is -2.52. The fourth-order valence-corrected chi connectivity index (χ4v) is 6.54. The lowest BCUT2D eigenvalue weighted by atomic mass is 10.1. The summed E-state index contributed by atoms with van der Waals surface area (Å²) in [6, 6.07) is 21.7. The highest BCUT2D eigenvalue weighted by molar-refractivity contribution is 7.92. The molecule has 0 bridgehead atoms. The molecule has 1 aliphatic carbocycles. The van der Waals surface area contributed by atoms with Gasteiger partial charge in [0.05, 0.1) is 17.2 Å². The SMILES string of the molecule is CCOc1ccc(N(CC(=O)N(Cc2cccc(C)c2)C(C)C(=O)NC2CCCC2)S(=O)(=O)c2ccccc2)cc1. The number of hydrogen-bond acceptors (Lipinski definition) is 5. The van der Waals surface area contributed by atoms with E-state index in [1.807, 2.05) is 38.1 Å². The van der Waals surface area contributed by atoms with Crippen LogP contribution in [0.25, 0.3) is 0 Å². The molecule has 1 atom stereocenters. The quantitative estimate of drug-likeness (QED) is 0.325. The Morgan fingerprint density at radius 3 is 2.29 bits per heavy atom. The van der Waals surface area contributed by atoms with Gasteiger partial charge in [-0.05, 0) is 75.6 Å². The molecular weight excluding hydrogens is 538 g/mol. The van der Waals surface area contributed by atoms with Crippen molar-refractivity contribution in [2.24, 2.45) is 0 Å². The van der Waals surface area contributed by atoms with Gasteiger partial charge in [0, 0.05) is 12.6 Å². The van der Waals surface area contributed by atoms with Crippen molar-refractivity contribution in [2.75, 3.05) is 17.5 Å². The van der Waals surface area contributed by atoms with E-state index in [0.29, 0.717) is 18.0 Å². The number of sulfonamides is 1. The molecule has 3 aromatic rings. The molecule has 0 saturated heterocycles. The molecule has 4 rings (SSSR count). The van der Waals surface area contributed by atoms with Crippen molar-refractivity contribution < 1.29 is 22.7 Å². The van der Waals surface area contributed by atoms with E-state index < -0.39 is 28.5 Å². The molecule has 1 N–H and O–H groups in total. The van der Waals surface area contributed by atoms with Gasteiger partial charge in [-0.25, -0.2) is 8.42 Å². The Hall–Kier alpha value is -3.85. The van der Waals surface area contributed by atoms with Gasteiger partial charge in [-0.3, -0.25) is 13.9 Å². The Morgan fingerprint density at radius 2 is 1.66 bits per heavy atom. The minimum absolute atomic E-state index is 0.0685. The maximum Gasteiger partial charge on any atom is 0.264 e. The van der Waals surface area contributed by atoms with Crippen molar-refractivity contribution >= 4 is 27.5 Å². The topological polar surface area (TPSA) is 96.0 Å². The third kappa shape index (κ3) is 7.67. The van der Waals surface area contributed by atoms with Gasteiger partial charge in [0.1, 0.15) is 18.3 Å². The third-order valence-corrected chi connectivity index (χ3v) is 9.14. The van der Waals surface area contributed by atoms with Crippen LogP contribution >= 0.6 is 0 Å². The molecule has 0 heterocycles. The van der Waals surface area contributed by atoms with E-state index >= 15 is 0 Å². The summed E-state index contributed by atoms with van der Waals surface area (Å²) < 4.78 is 34.4. The Morgan fingerprint density at radius 1 is 0.976 bits per heavy atom. The Balaban J connectivity index is 1.67. The Labute approximate surface area is 243 Å². The second-order valence-corrected chi connectivity index (χ2v) is 12.3. The van der Waals surface area contributed by atoms with E-state index in [0.717, 1.165) is 41.1 Å². The van der Waals surface area contributed by atoms with Crippen LogP contribution in [0.5, 0.6) is 5.75 Å². The summed E-state index contributed by atoms with van der Waals surface area (Å²) in [4.78, 5) is 28.9. The lowest BCUT2D eigenvalue weighted by molar-refractivity contribution is -0.139. The summed E-state index contributed by atoms with van der Waals surface area (Å²) in [5.74, 6) is -0.122. The fraction of sp³-hybridized carbons (Fsp3) is 0.375. The van der Waals surface area contributed by atoms with Crippen molar-refractivity contribution in [3.63, 3.8) is 0 Å². The zero-order valence-corrected chi connectivity index (χ0v) is 24.8. The average molecular weight is 578 g/mol. The number of rotatable bonds is 12. The number of carbonyl (C=O) groups excluding carboxylic acids is 2. The lowest BCUT2D eigenvalue weighted by Gasteiger charge is -2.32. The monoisotopic (exact) mass is 577 g/mol. The molecule has 0 radical (unpaired) electrons. The van der Waals surface area contributed by atoms with Gasteiger partial charge in [-0.2, -0.15) is 0 Å². The zero-order valence-electron chi connectivity index (χ0n) is 24.0. The van der Waals surface area contributed by atoms with Gasteiger partial charge >= 0.3 is 0 Å². The molecule has 1 unspecified atom stereocenters. The van der Waals surface area contributed by atoms with E-state index in [9.17, 15) is 18.0 Å². The van der Waals surface area contributed by atoms with Crippen molar-refractivity contribution in [2.45, 2.75) is 70.0 Å². The number of nitrogens with one attached hydrogen (secondary N) is 1. The van der Waals surface area contributed by atoms with E-state index in [4.69, 9.17) is 4.74 Å². The molecule has 0 aliphatic heterocycles. The van der Waals surface area contributed by atoms with Crippen LogP contribution in [-0.2, 0) is 26.2 Å². The third-order valence-electron chi connectivity index (χ3n) is 7.35. The molecule has 1 saturated carbocycles. The van der Waals surface area contributed by atoms with Gasteiger partial charge in [-0.1, -0.05) is 60.9 Å². The number of ether oxygens (including phenoxy) is 1. The number of benzene rings is 3. The van der Waals surface area contributed by atoms with Crippen LogP contribution in [0.3, 0.4) is 0 Å². The molecule has 8 nitrogen and oxygen atoms in total. The summed E-state index contributed by atoms with van der Waals surface area (Å²) >= 11 is 0. The minimum atomic E-state index is -4.11. The number of aryl methyl sites for hydroxylation is 1. The highest BCUT2D eigenvalue weighted by atomic mass is 32.2. The summed E-state index contributed by atoms with van der Waals surface area (Å²) in [6.07, 6.45) is 3.98. The van der Waals surface area contributed by atoms with Crippen LogP contribution in [0, 0.1) is 6.92 Å². The maximum atomic E-state index is 14.1. The van der Waals surface area contributed by atoms with Crippen molar-refractivity contribution in [1.29, 1.82) is 0 Å². The first-order valence-corrected chi connectivity index (χ1v) is 15.6. The molecule has 0 aromatic heterocycles. The van der Waals surface area contributed by atoms with Crippen molar-refractivity contribution in [3.8, 4) is 5.75 Å². The van der Waals surface area contributed by atoms with Crippen LogP contribution in [-0.4, -0.2) is 50.4 Å². The summed E-state index contributed by atoms with van der Waals surface area (Å²) in [5.41, 5.74) is 2.21. The standard InChI is InChI=1S/C32H39N3O5S/c1-4-40-29-19-17-28(18-20-29)35(41(38,39)30-15-6-5-7-16-30)23-31(36)34(22-26-12-10-11-24(2)21-26)25(3)32(37)33-27-13-8-9-14-27/h5-7,10-12,15-21,25,27H,4,8-9,13-14,22-23H2,1-3H3,(H,33,37). The van der Waals surface area contributed by atoms with Crippen LogP contribution in [0.4, 0.5) is 5.69 Å². The number of hydrogen-bond donors (Lipinski definition) is 1. The van der Waals surface area contributed by atoms with Gasteiger partial charge in [0.15, 0.2) is 0 Å². The van der Waals surface area contributed by atoms with Gasteiger partial charge in [-0.15, -0.1) is 0 Å². The second kappa shape index (κ2) is 13.7. The predicted octanol–water partition coefficient (Wildman–Crippen LogP) is 5.07. The minimum Gasteiger partial charge on any atom is -0.494 e. The predicted molar refractivity (Wildman–Crippen MR) is 160 cm³/mol. The summed E-state index contributed by atoms with van der Waals surface area (Å²) in [6.45, 7) is 5.70. The van der Waals surface area contributed by atoms with Crippen LogP contribution < -0.4 is 14.4 Å². The van der Waals surface area contributed by atoms with E-state index in [-0.39, 0.29) is 23.4 Å². The molecule has 41 heavy (non-hydrogen) atoms. The second-order valence-electron chi connectivity index (χ2n) is 10.4. The van der Waals surface area contributed by atoms with E-state index in [2.05, 4.69) is 5.32 Å². The number of anilines is 1. The molecule has 218 valence electrons. The Bertz CT molecular complexity index is 1420. The molecule has 0 spiro atoms. The van der Waals surface area contributed by atoms with Gasteiger partial charge in [0.25, 0.3) is 10.0 Å². The van der Waals surface area contributed by atoms with Gasteiger partial charge < -0.3 is 15.0 Å². The summed E-state index contributed by atoms with van der Waals surface area (Å²) in [7, 11) is -4.11. The molecule has 3 aromatic carbocycles. The fourth-order valence-electron chi connectivity index (χ4n) is 5.11. The van der Waals surface area contributed by atoms with Crippen LogP contribution in [0.1, 0.15) is 50.7 Å². The zero-order chi connectivity index (χ0) is 29.4. The number of carbonyl (C=O) groups is 2. The highest BCUT2D eigenvalue weighted by Crippen LogP contribution is 2.27. The van der Waals surface area contributed by atoms with E-state index in [1.54, 1.807) is 49.4 Å². The van der Waals surface area contributed by atoms with Crippen molar-refractivity contribution in [1.82, 2.24) is 10.2 Å². The van der Waals surface area contributed by atoms with Crippen LogP contribution in [0.15, 0.2) is 83.8 Å². The average Bonchev–Trinajstić information content (AvgIpc) is 3.48. The molecule has 1 aliphatic rings. The van der Waals surface area contributed by atoms with Gasteiger partial charge in [0.2, 0.25) is 11.8 Å². The molecule has 2 amide bonds. The first-order chi connectivity index (χ1) is 19.7. The summed E-state index contributed by atoms with van der Waals surface area (Å²) in [5, 5.41) is 3.09. The van der Waals surface area contributed by atoms with Crippen molar-refractivity contribution in [3.05, 3.63) is 90.0 Å².